The molecule has 3 nitrogen and oxygen atoms in total. The third-order valence-corrected chi connectivity index (χ3v) is 7.17. The minimum absolute atomic E-state index is 0.0813. The molecule has 5 heteroatoms. The van der Waals surface area contributed by atoms with Crippen LogP contribution in [0.15, 0.2) is 30.3 Å². The standard InChI is InChI=1S/C13H21NO2SSi/c1-18(2,3)10-9-17(15,16)14-11-13(14)12-7-5-4-6-8-12/h4-8,13H,9-11H2,1-3H3/t13-,14?/m1/s1. The zero-order valence-electron chi connectivity index (χ0n) is 11.3. The van der Waals surface area contributed by atoms with Crippen LogP contribution in [0, 0.1) is 0 Å². The molecule has 100 valence electrons. The molecule has 0 aliphatic carbocycles. The second-order valence-corrected chi connectivity index (χ2v) is 13.8. The lowest BCUT2D eigenvalue weighted by Gasteiger charge is -2.15. The lowest BCUT2D eigenvalue weighted by Crippen LogP contribution is -2.26. The predicted molar refractivity (Wildman–Crippen MR) is 77.8 cm³/mol. The van der Waals surface area contributed by atoms with E-state index in [0.29, 0.717) is 12.3 Å². The first-order valence-corrected chi connectivity index (χ1v) is 11.7. The molecular formula is C13H21NO2SSi. The molecule has 1 fully saturated rings. The number of hydrogen-bond donors (Lipinski definition) is 0. The van der Waals surface area contributed by atoms with Crippen molar-refractivity contribution in [3.05, 3.63) is 35.9 Å². The molecule has 1 aromatic rings. The van der Waals surface area contributed by atoms with E-state index in [1.807, 2.05) is 30.3 Å². The second kappa shape index (κ2) is 4.79. The monoisotopic (exact) mass is 283 g/mol. The van der Waals surface area contributed by atoms with Gasteiger partial charge < -0.3 is 0 Å². The maximum atomic E-state index is 12.2. The average molecular weight is 283 g/mol. The Labute approximate surface area is 111 Å². The summed E-state index contributed by atoms with van der Waals surface area (Å²) in [7, 11) is -4.34. The van der Waals surface area contributed by atoms with Gasteiger partial charge in [0.2, 0.25) is 10.0 Å². The number of hydrogen-bond acceptors (Lipinski definition) is 2. The highest BCUT2D eigenvalue weighted by molar-refractivity contribution is 7.89. The summed E-state index contributed by atoms with van der Waals surface area (Å²) in [5, 5.41) is 0. The van der Waals surface area contributed by atoms with Crippen molar-refractivity contribution in [2.24, 2.45) is 0 Å². The normalized spacial score (nSPS) is 23.9. The Hall–Kier alpha value is -0.653. The molecule has 18 heavy (non-hydrogen) atoms. The summed E-state index contributed by atoms with van der Waals surface area (Å²) < 4.78 is 26.0. The fourth-order valence-electron chi connectivity index (χ4n) is 1.93. The van der Waals surface area contributed by atoms with Gasteiger partial charge in [-0.15, -0.1) is 0 Å². The molecule has 0 amide bonds. The van der Waals surface area contributed by atoms with Gasteiger partial charge in [-0.05, 0) is 11.6 Å². The Bertz CT molecular complexity index is 508. The molecule has 0 N–H and O–H groups in total. The maximum Gasteiger partial charge on any atom is 0.214 e. The molecule has 0 bridgehead atoms. The summed E-state index contributed by atoms with van der Waals surface area (Å²) in [6.45, 7) is 7.27. The van der Waals surface area contributed by atoms with E-state index >= 15 is 0 Å². The van der Waals surface area contributed by atoms with Crippen LogP contribution in [0.4, 0.5) is 0 Å². The average Bonchev–Trinajstić information content (AvgIpc) is 3.07. The van der Waals surface area contributed by atoms with Crippen molar-refractivity contribution in [3.63, 3.8) is 0 Å². The van der Waals surface area contributed by atoms with Crippen molar-refractivity contribution in [2.45, 2.75) is 31.7 Å². The van der Waals surface area contributed by atoms with Crippen LogP contribution >= 0.6 is 0 Å². The van der Waals surface area contributed by atoms with E-state index in [1.165, 1.54) is 0 Å². The van der Waals surface area contributed by atoms with Crippen LogP contribution in [-0.2, 0) is 10.0 Å². The third-order valence-electron chi connectivity index (χ3n) is 3.22. The van der Waals surface area contributed by atoms with Crippen LogP contribution in [0.3, 0.4) is 0 Å². The van der Waals surface area contributed by atoms with Gasteiger partial charge in [-0.1, -0.05) is 50.0 Å². The Morgan fingerprint density at radius 3 is 2.39 bits per heavy atom. The van der Waals surface area contributed by atoms with Crippen molar-refractivity contribution in [1.29, 1.82) is 0 Å². The fraction of sp³-hybridized carbons (Fsp3) is 0.538. The van der Waals surface area contributed by atoms with E-state index in [4.69, 9.17) is 0 Å². The van der Waals surface area contributed by atoms with Gasteiger partial charge in [-0.3, -0.25) is 0 Å². The first-order valence-electron chi connectivity index (χ1n) is 6.34. The minimum Gasteiger partial charge on any atom is -0.212 e. The van der Waals surface area contributed by atoms with Gasteiger partial charge in [0.25, 0.3) is 0 Å². The quantitative estimate of drug-likeness (QED) is 0.615. The molecule has 0 spiro atoms. The van der Waals surface area contributed by atoms with Crippen molar-refractivity contribution >= 4 is 18.1 Å². The highest BCUT2D eigenvalue weighted by atomic mass is 32.2. The van der Waals surface area contributed by atoms with Gasteiger partial charge in [-0.2, -0.15) is 4.31 Å². The Morgan fingerprint density at radius 1 is 1.22 bits per heavy atom. The van der Waals surface area contributed by atoms with Gasteiger partial charge in [0, 0.05) is 14.6 Å². The molecule has 1 aromatic carbocycles. The van der Waals surface area contributed by atoms with Crippen LogP contribution < -0.4 is 0 Å². The van der Waals surface area contributed by atoms with Crippen LogP contribution in [0.5, 0.6) is 0 Å². The Morgan fingerprint density at radius 2 is 1.83 bits per heavy atom. The number of rotatable bonds is 5. The highest BCUT2D eigenvalue weighted by Gasteiger charge is 2.44. The zero-order chi connectivity index (χ0) is 13.4. The third kappa shape index (κ3) is 3.43. The molecule has 2 atom stereocenters. The zero-order valence-corrected chi connectivity index (χ0v) is 13.1. The minimum atomic E-state index is -3.05. The van der Waals surface area contributed by atoms with Gasteiger partial charge in [0.1, 0.15) is 0 Å². The molecular weight excluding hydrogens is 262 g/mol. The summed E-state index contributed by atoms with van der Waals surface area (Å²) in [5.41, 5.74) is 1.11. The summed E-state index contributed by atoms with van der Waals surface area (Å²) in [6.07, 6.45) is 0. The molecule has 2 rings (SSSR count). The largest absolute Gasteiger partial charge is 0.214 e. The van der Waals surface area contributed by atoms with Crippen LogP contribution in [0.1, 0.15) is 11.6 Å². The number of benzene rings is 1. The lowest BCUT2D eigenvalue weighted by molar-refractivity contribution is 0.555. The second-order valence-electron chi connectivity index (χ2n) is 6.12. The van der Waals surface area contributed by atoms with E-state index in [-0.39, 0.29) is 6.04 Å². The molecule has 0 aromatic heterocycles. The van der Waals surface area contributed by atoms with E-state index in [1.54, 1.807) is 4.31 Å². The van der Waals surface area contributed by atoms with Crippen LogP contribution in [0.25, 0.3) is 0 Å². The highest BCUT2D eigenvalue weighted by Crippen LogP contribution is 2.38. The molecule has 1 saturated heterocycles. The molecule has 1 aliphatic rings. The molecule has 0 saturated carbocycles. The fourth-order valence-corrected chi connectivity index (χ4v) is 6.52. The van der Waals surface area contributed by atoms with Crippen molar-refractivity contribution < 1.29 is 8.42 Å². The molecule has 1 unspecified atom stereocenters. The smallest absolute Gasteiger partial charge is 0.212 e. The van der Waals surface area contributed by atoms with E-state index < -0.39 is 18.1 Å². The molecule has 0 radical (unpaired) electrons. The van der Waals surface area contributed by atoms with E-state index in [0.717, 1.165) is 11.6 Å². The first kappa shape index (κ1) is 13.8. The SMILES string of the molecule is C[Si](C)(C)CCS(=O)(=O)N1C[C@@H]1c1ccccc1. The summed E-state index contributed by atoms with van der Waals surface area (Å²) in [5.74, 6) is 0.312. The molecule has 1 aliphatic heterocycles. The van der Waals surface area contributed by atoms with E-state index in [2.05, 4.69) is 19.6 Å². The summed E-state index contributed by atoms with van der Waals surface area (Å²) >= 11 is 0. The van der Waals surface area contributed by atoms with Crippen LogP contribution in [-0.4, -0.2) is 33.1 Å². The topological polar surface area (TPSA) is 37.1 Å². The number of nitrogens with zero attached hydrogens (tertiary/aromatic N) is 1. The Kier molecular flexibility index (Phi) is 3.67. The number of sulfonamides is 1. The van der Waals surface area contributed by atoms with E-state index in [9.17, 15) is 8.42 Å². The van der Waals surface area contributed by atoms with Gasteiger partial charge in [0.05, 0.1) is 11.8 Å². The van der Waals surface area contributed by atoms with Crippen molar-refractivity contribution in [2.75, 3.05) is 12.3 Å². The van der Waals surface area contributed by atoms with Crippen molar-refractivity contribution in [1.82, 2.24) is 4.31 Å². The predicted octanol–water partition coefficient (Wildman–Crippen LogP) is 2.71. The van der Waals surface area contributed by atoms with Gasteiger partial charge in [-0.25, -0.2) is 8.42 Å². The summed E-state index contributed by atoms with van der Waals surface area (Å²) in [6, 6.07) is 10.8. The summed E-state index contributed by atoms with van der Waals surface area (Å²) in [4.78, 5) is 0. The first-order chi connectivity index (χ1) is 8.30. The lowest BCUT2D eigenvalue weighted by atomic mass is 10.2. The van der Waals surface area contributed by atoms with Crippen LogP contribution in [0.2, 0.25) is 25.7 Å². The maximum absolute atomic E-state index is 12.2. The van der Waals surface area contributed by atoms with Gasteiger partial charge >= 0.3 is 0 Å². The Balaban J connectivity index is 1.98. The van der Waals surface area contributed by atoms with Gasteiger partial charge in [0.15, 0.2) is 0 Å². The van der Waals surface area contributed by atoms with Crippen molar-refractivity contribution in [3.8, 4) is 0 Å². The molecule has 1 heterocycles.